The summed E-state index contributed by atoms with van der Waals surface area (Å²) >= 11 is 0. The van der Waals surface area contributed by atoms with E-state index in [1.807, 2.05) is 0 Å². The van der Waals surface area contributed by atoms with Crippen LogP contribution in [0.5, 0.6) is 0 Å². The lowest BCUT2D eigenvalue weighted by atomic mass is 10.0. The van der Waals surface area contributed by atoms with E-state index < -0.39 is 65.2 Å². The van der Waals surface area contributed by atoms with Gasteiger partial charge in [-0.25, -0.2) is 31.3 Å². The Balaban J connectivity index is 2.30. The van der Waals surface area contributed by atoms with Gasteiger partial charge in [-0.3, -0.25) is 0 Å². The molecule has 0 saturated carbocycles. The van der Waals surface area contributed by atoms with Gasteiger partial charge in [0.25, 0.3) is 6.43 Å². The van der Waals surface area contributed by atoms with Crippen LogP contribution in [0, 0.1) is 23.3 Å². The number of alkyl halides is 4. The van der Waals surface area contributed by atoms with Crippen molar-refractivity contribution in [2.24, 2.45) is 10.7 Å². The molecule has 0 aromatic heterocycles. The summed E-state index contributed by atoms with van der Waals surface area (Å²) in [5.41, 5.74) is 2.20. The zero-order valence-electron chi connectivity index (χ0n) is 14.4. The van der Waals surface area contributed by atoms with Gasteiger partial charge >= 0.3 is 6.55 Å². The van der Waals surface area contributed by atoms with E-state index in [1.165, 1.54) is 0 Å². The largest absolute Gasteiger partial charge is 0.397 e. The van der Waals surface area contributed by atoms with Crippen molar-refractivity contribution >= 4 is 17.5 Å². The minimum absolute atomic E-state index is 0.0184. The SMILES string of the molecule is N/C(=C(\C=N\C(F)F)c1ccc(NCc2c(F)cc(F)cc2F)cc1F)C(F)F. The third-order valence-electron chi connectivity index (χ3n) is 3.70. The minimum Gasteiger partial charge on any atom is -0.397 e. The molecule has 0 heterocycles. The van der Waals surface area contributed by atoms with E-state index in [0.717, 1.165) is 18.2 Å². The van der Waals surface area contributed by atoms with Crippen LogP contribution in [0.3, 0.4) is 0 Å². The molecule has 2 rings (SSSR count). The van der Waals surface area contributed by atoms with Gasteiger partial charge in [-0.2, -0.15) is 8.78 Å². The van der Waals surface area contributed by atoms with Crippen molar-refractivity contribution in [3.63, 3.8) is 0 Å². The van der Waals surface area contributed by atoms with Crippen LogP contribution < -0.4 is 11.1 Å². The lowest BCUT2D eigenvalue weighted by molar-refractivity contribution is 0.160. The minimum atomic E-state index is -3.25. The molecule has 0 saturated heterocycles. The number of nitrogens with two attached hydrogens (primary N) is 1. The predicted octanol–water partition coefficient (Wildman–Crippen LogP) is 5.08. The fourth-order valence-corrected chi connectivity index (χ4v) is 2.32. The summed E-state index contributed by atoms with van der Waals surface area (Å²) in [5, 5.41) is 2.48. The fraction of sp³-hybridized carbons (Fsp3) is 0.167. The molecule has 2 aromatic carbocycles. The molecule has 0 unspecified atom stereocenters. The molecule has 3 N–H and O–H groups in total. The number of halogens is 8. The van der Waals surface area contributed by atoms with E-state index in [2.05, 4.69) is 10.3 Å². The molecule has 0 bridgehead atoms. The standard InChI is InChI=1S/C18H13F8N3/c19-8-3-13(20)12(14(21)4-8)7-28-9-1-2-10(15(22)5-9)11(6-29-18(25)26)16(27)17(23)24/h1-6,17-18,28H,7,27H2/b16-11+,29-6+. The van der Waals surface area contributed by atoms with Gasteiger partial charge in [0.15, 0.2) is 0 Å². The van der Waals surface area contributed by atoms with E-state index in [-0.39, 0.29) is 5.69 Å². The molecule has 0 atom stereocenters. The predicted molar refractivity (Wildman–Crippen MR) is 91.7 cm³/mol. The number of anilines is 1. The van der Waals surface area contributed by atoms with E-state index in [9.17, 15) is 35.1 Å². The maximum Gasteiger partial charge on any atom is 0.331 e. The summed E-state index contributed by atoms with van der Waals surface area (Å²) in [6.07, 6.45) is -2.92. The van der Waals surface area contributed by atoms with Gasteiger partial charge in [-0.15, -0.1) is 0 Å². The third-order valence-corrected chi connectivity index (χ3v) is 3.70. The number of hydrogen-bond acceptors (Lipinski definition) is 3. The Labute approximate surface area is 159 Å². The Hall–Kier alpha value is -3.11. The Kier molecular flexibility index (Phi) is 7.18. The molecular weight excluding hydrogens is 410 g/mol. The number of aliphatic imine (C=N–C) groups is 1. The highest BCUT2D eigenvalue weighted by Gasteiger charge is 2.18. The third kappa shape index (κ3) is 5.69. The number of nitrogens with zero attached hydrogens (tertiary/aromatic N) is 1. The molecule has 3 nitrogen and oxygen atoms in total. The van der Waals surface area contributed by atoms with Crippen molar-refractivity contribution in [1.29, 1.82) is 0 Å². The normalized spacial score (nSPS) is 12.8. The molecule has 0 spiro atoms. The molecule has 0 aliphatic carbocycles. The van der Waals surface area contributed by atoms with E-state index >= 15 is 0 Å². The molecule has 0 aliphatic heterocycles. The molecular formula is C18H13F8N3. The zero-order valence-corrected chi connectivity index (χ0v) is 14.4. The van der Waals surface area contributed by atoms with Crippen molar-refractivity contribution in [3.05, 3.63) is 70.4 Å². The second kappa shape index (κ2) is 9.39. The van der Waals surface area contributed by atoms with Gasteiger partial charge in [-0.1, -0.05) is 0 Å². The van der Waals surface area contributed by atoms with E-state index in [4.69, 9.17) is 5.73 Å². The maximum atomic E-state index is 14.4. The van der Waals surface area contributed by atoms with Crippen molar-refractivity contribution in [3.8, 4) is 0 Å². The monoisotopic (exact) mass is 423 g/mol. The van der Waals surface area contributed by atoms with Gasteiger partial charge in [0.05, 0.1) is 5.70 Å². The molecule has 29 heavy (non-hydrogen) atoms. The lowest BCUT2D eigenvalue weighted by Crippen LogP contribution is -2.13. The smallest absolute Gasteiger partial charge is 0.331 e. The number of rotatable bonds is 7. The molecule has 0 amide bonds. The fourth-order valence-electron chi connectivity index (χ4n) is 2.32. The highest BCUT2D eigenvalue weighted by molar-refractivity contribution is 6.11. The summed E-state index contributed by atoms with van der Waals surface area (Å²) in [5.74, 6) is -4.56. The number of hydrogen-bond donors (Lipinski definition) is 2. The Morgan fingerprint density at radius 3 is 2.10 bits per heavy atom. The average molecular weight is 423 g/mol. The summed E-state index contributed by atoms with van der Waals surface area (Å²) < 4.78 is 105. The maximum absolute atomic E-state index is 14.4. The quantitative estimate of drug-likeness (QED) is 0.371. The average Bonchev–Trinajstić information content (AvgIpc) is 2.61. The van der Waals surface area contributed by atoms with Gasteiger partial charge in [0.1, 0.15) is 23.3 Å². The Bertz CT molecular complexity index is 918. The van der Waals surface area contributed by atoms with Crippen LogP contribution in [0.25, 0.3) is 5.57 Å². The first-order valence-corrected chi connectivity index (χ1v) is 7.86. The number of allylic oxidation sites excluding steroid dienone is 2. The summed E-state index contributed by atoms with van der Waals surface area (Å²) in [4.78, 5) is 2.64. The van der Waals surface area contributed by atoms with Gasteiger partial charge in [0.2, 0.25) is 0 Å². The molecule has 156 valence electrons. The molecule has 2 aromatic rings. The number of benzene rings is 2. The van der Waals surface area contributed by atoms with Crippen LogP contribution >= 0.6 is 0 Å². The first-order chi connectivity index (χ1) is 13.6. The summed E-state index contributed by atoms with van der Waals surface area (Å²) in [6.45, 7) is -3.70. The van der Waals surface area contributed by atoms with Crippen LogP contribution in [0.4, 0.5) is 40.8 Å². The van der Waals surface area contributed by atoms with Gasteiger partial charge in [0, 0.05) is 47.3 Å². The Morgan fingerprint density at radius 2 is 1.59 bits per heavy atom. The van der Waals surface area contributed by atoms with E-state index in [0.29, 0.717) is 18.3 Å². The van der Waals surface area contributed by atoms with Crippen molar-refractivity contribution in [2.45, 2.75) is 19.5 Å². The summed E-state index contributed by atoms with van der Waals surface area (Å²) in [6, 6.07) is 3.82. The van der Waals surface area contributed by atoms with Crippen LogP contribution in [0.1, 0.15) is 11.1 Å². The summed E-state index contributed by atoms with van der Waals surface area (Å²) in [7, 11) is 0. The van der Waals surface area contributed by atoms with Gasteiger partial charge in [-0.05, 0) is 18.2 Å². The number of nitrogens with one attached hydrogen (secondary N) is 1. The zero-order chi connectivity index (χ0) is 21.7. The first kappa shape index (κ1) is 22.2. The highest BCUT2D eigenvalue weighted by Crippen LogP contribution is 2.25. The van der Waals surface area contributed by atoms with Gasteiger partial charge < -0.3 is 11.1 Å². The van der Waals surface area contributed by atoms with Crippen LogP contribution in [-0.4, -0.2) is 19.2 Å². The van der Waals surface area contributed by atoms with Crippen molar-refractivity contribution in [2.75, 3.05) is 5.32 Å². The highest BCUT2D eigenvalue weighted by atomic mass is 19.3. The lowest BCUT2D eigenvalue weighted by Gasteiger charge is -2.12. The molecule has 0 fully saturated rings. The van der Waals surface area contributed by atoms with Crippen LogP contribution in [0.15, 0.2) is 41.0 Å². The van der Waals surface area contributed by atoms with Crippen LogP contribution in [-0.2, 0) is 6.54 Å². The second-order valence-corrected chi connectivity index (χ2v) is 5.62. The van der Waals surface area contributed by atoms with Crippen molar-refractivity contribution in [1.82, 2.24) is 0 Å². The van der Waals surface area contributed by atoms with E-state index in [1.54, 1.807) is 0 Å². The molecule has 0 radical (unpaired) electrons. The molecule has 0 aliphatic rings. The Morgan fingerprint density at radius 1 is 0.966 bits per heavy atom. The molecule has 11 heteroatoms. The van der Waals surface area contributed by atoms with Crippen molar-refractivity contribution < 1.29 is 35.1 Å². The topological polar surface area (TPSA) is 50.4 Å². The second-order valence-electron chi connectivity index (χ2n) is 5.62. The first-order valence-electron chi connectivity index (χ1n) is 7.86. The van der Waals surface area contributed by atoms with Crippen LogP contribution in [0.2, 0.25) is 0 Å².